The predicted octanol–water partition coefficient (Wildman–Crippen LogP) is 2.20. The molecule has 0 aliphatic rings. The Bertz CT molecular complexity index is 494. The molecule has 0 bridgehead atoms. The van der Waals surface area contributed by atoms with E-state index in [4.69, 9.17) is 0 Å². The van der Waals surface area contributed by atoms with E-state index in [-0.39, 0.29) is 5.56 Å². The van der Waals surface area contributed by atoms with Crippen molar-refractivity contribution in [3.8, 4) is 0 Å². The van der Waals surface area contributed by atoms with Gasteiger partial charge in [-0.3, -0.25) is 0 Å². The second kappa shape index (κ2) is 4.86. The summed E-state index contributed by atoms with van der Waals surface area (Å²) in [5.41, 5.74) is 0.209. The van der Waals surface area contributed by atoms with Crippen LogP contribution >= 0.6 is 11.8 Å². The third-order valence-corrected chi connectivity index (χ3v) is 3.05. The summed E-state index contributed by atoms with van der Waals surface area (Å²) >= 11 is 1.53. The van der Waals surface area contributed by atoms with Crippen LogP contribution in [0.1, 0.15) is 10.4 Å². The Kier molecular flexibility index (Phi) is 3.27. The Labute approximate surface area is 97.9 Å². The van der Waals surface area contributed by atoms with Crippen LogP contribution in [0.3, 0.4) is 0 Å². The number of carbonyl (C=O) groups excluding carboxylic acids is 1. The molecule has 2 aromatic rings. The summed E-state index contributed by atoms with van der Waals surface area (Å²) in [5.74, 6) is -1.14. The molecule has 0 saturated heterocycles. The van der Waals surface area contributed by atoms with Gasteiger partial charge in [0.05, 0.1) is 5.97 Å². The zero-order valence-corrected chi connectivity index (χ0v) is 9.24. The lowest BCUT2D eigenvalue weighted by Crippen LogP contribution is -2.21. The molecule has 3 heteroatoms. The number of rotatable bonds is 3. The maximum atomic E-state index is 10.7. The first-order valence-corrected chi connectivity index (χ1v) is 5.62. The Morgan fingerprint density at radius 1 is 0.938 bits per heavy atom. The highest BCUT2D eigenvalue weighted by atomic mass is 32.2. The average molecular weight is 229 g/mol. The van der Waals surface area contributed by atoms with Crippen LogP contribution < -0.4 is 5.11 Å². The van der Waals surface area contributed by atoms with Crippen LogP contribution in [0.4, 0.5) is 0 Å². The summed E-state index contributed by atoms with van der Waals surface area (Å²) in [5, 5.41) is 10.7. The van der Waals surface area contributed by atoms with Gasteiger partial charge in [0.1, 0.15) is 0 Å². The Balaban J connectivity index is 2.22. The van der Waals surface area contributed by atoms with Gasteiger partial charge in [-0.25, -0.2) is 0 Å². The third-order valence-electron chi connectivity index (χ3n) is 2.05. The fourth-order valence-corrected chi connectivity index (χ4v) is 2.21. The number of carboxylic acid groups (broad SMARTS) is 1. The first kappa shape index (κ1) is 10.8. The molecule has 16 heavy (non-hydrogen) atoms. The maximum Gasteiger partial charge on any atom is 0.0715 e. The summed E-state index contributed by atoms with van der Waals surface area (Å²) in [6, 6.07) is 16.6. The summed E-state index contributed by atoms with van der Waals surface area (Å²) in [6.07, 6.45) is 0. The molecule has 80 valence electrons. The maximum absolute atomic E-state index is 10.7. The van der Waals surface area contributed by atoms with Crippen LogP contribution in [0.5, 0.6) is 0 Å². The molecule has 0 amide bonds. The van der Waals surface area contributed by atoms with E-state index in [1.54, 1.807) is 12.1 Å². The van der Waals surface area contributed by atoms with E-state index in [0.29, 0.717) is 0 Å². The van der Waals surface area contributed by atoms with Gasteiger partial charge in [0.15, 0.2) is 0 Å². The van der Waals surface area contributed by atoms with Crippen LogP contribution in [0.25, 0.3) is 0 Å². The van der Waals surface area contributed by atoms with Crippen molar-refractivity contribution in [2.75, 3.05) is 0 Å². The molecule has 0 aliphatic heterocycles. The van der Waals surface area contributed by atoms with Crippen LogP contribution in [-0.4, -0.2) is 5.97 Å². The van der Waals surface area contributed by atoms with Crippen molar-refractivity contribution in [3.63, 3.8) is 0 Å². The number of benzene rings is 2. The van der Waals surface area contributed by atoms with Crippen molar-refractivity contribution in [1.29, 1.82) is 0 Å². The lowest BCUT2D eigenvalue weighted by molar-refractivity contribution is -0.255. The molecule has 0 aromatic heterocycles. The molecule has 0 fully saturated rings. The minimum absolute atomic E-state index is 0.209. The standard InChI is InChI=1S/C13H10O2S/c14-13(15)10-5-4-8-12(9-10)16-11-6-2-1-3-7-11/h1-9H,(H,14,15)/p-1. The van der Waals surface area contributed by atoms with Crippen LogP contribution in [0.2, 0.25) is 0 Å². The van der Waals surface area contributed by atoms with E-state index < -0.39 is 5.97 Å². The quantitative estimate of drug-likeness (QED) is 0.810. The molecular weight excluding hydrogens is 220 g/mol. The first-order valence-electron chi connectivity index (χ1n) is 4.80. The highest BCUT2D eigenvalue weighted by molar-refractivity contribution is 7.99. The highest BCUT2D eigenvalue weighted by Crippen LogP contribution is 2.27. The monoisotopic (exact) mass is 229 g/mol. The summed E-state index contributed by atoms with van der Waals surface area (Å²) in [4.78, 5) is 12.7. The fraction of sp³-hybridized carbons (Fsp3) is 0. The van der Waals surface area contributed by atoms with Crippen molar-refractivity contribution >= 4 is 17.7 Å². The molecule has 0 N–H and O–H groups in total. The minimum Gasteiger partial charge on any atom is -0.545 e. The van der Waals surface area contributed by atoms with Crippen LogP contribution in [0, 0.1) is 0 Å². The van der Waals surface area contributed by atoms with Gasteiger partial charge in [-0.15, -0.1) is 0 Å². The molecule has 2 nitrogen and oxygen atoms in total. The molecule has 0 spiro atoms. The van der Waals surface area contributed by atoms with Gasteiger partial charge in [0, 0.05) is 9.79 Å². The van der Waals surface area contributed by atoms with Gasteiger partial charge < -0.3 is 9.90 Å². The second-order valence-corrected chi connectivity index (χ2v) is 4.38. The Morgan fingerprint density at radius 3 is 2.31 bits per heavy atom. The molecule has 0 unspecified atom stereocenters. The average Bonchev–Trinajstić information content (AvgIpc) is 2.30. The van der Waals surface area contributed by atoms with E-state index in [2.05, 4.69) is 0 Å². The minimum atomic E-state index is -1.14. The van der Waals surface area contributed by atoms with Crippen LogP contribution in [-0.2, 0) is 0 Å². The lowest BCUT2D eigenvalue weighted by Gasteiger charge is -2.05. The number of aromatic carboxylic acids is 1. The predicted molar refractivity (Wildman–Crippen MR) is 61.3 cm³/mol. The van der Waals surface area contributed by atoms with E-state index in [9.17, 15) is 9.90 Å². The molecule has 2 aromatic carbocycles. The normalized spacial score (nSPS) is 10.0. The summed E-state index contributed by atoms with van der Waals surface area (Å²) < 4.78 is 0. The van der Waals surface area contributed by atoms with Crippen LogP contribution in [0.15, 0.2) is 64.4 Å². The lowest BCUT2D eigenvalue weighted by atomic mass is 10.2. The van der Waals surface area contributed by atoms with Crippen molar-refractivity contribution in [2.45, 2.75) is 9.79 Å². The molecule has 2 rings (SSSR count). The second-order valence-electron chi connectivity index (χ2n) is 3.23. The van der Waals surface area contributed by atoms with E-state index in [0.717, 1.165) is 9.79 Å². The van der Waals surface area contributed by atoms with Crippen molar-refractivity contribution in [1.82, 2.24) is 0 Å². The number of hydrogen-bond acceptors (Lipinski definition) is 3. The highest BCUT2D eigenvalue weighted by Gasteiger charge is 1.98. The van der Waals surface area contributed by atoms with Gasteiger partial charge in [-0.1, -0.05) is 42.1 Å². The fourth-order valence-electron chi connectivity index (χ4n) is 1.31. The number of hydrogen-bond donors (Lipinski definition) is 0. The summed E-state index contributed by atoms with van der Waals surface area (Å²) in [7, 11) is 0. The first-order chi connectivity index (χ1) is 7.75. The molecule has 0 radical (unpaired) electrons. The van der Waals surface area contributed by atoms with Crippen molar-refractivity contribution in [2.24, 2.45) is 0 Å². The smallest absolute Gasteiger partial charge is 0.0715 e. The van der Waals surface area contributed by atoms with Gasteiger partial charge in [-0.2, -0.15) is 0 Å². The van der Waals surface area contributed by atoms with E-state index >= 15 is 0 Å². The number of carboxylic acids is 1. The zero-order valence-electron chi connectivity index (χ0n) is 8.42. The van der Waals surface area contributed by atoms with Gasteiger partial charge in [0.25, 0.3) is 0 Å². The topological polar surface area (TPSA) is 40.1 Å². The molecular formula is C13H9O2S-. The van der Waals surface area contributed by atoms with Crippen molar-refractivity contribution in [3.05, 3.63) is 60.2 Å². The van der Waals surface area contributed by atoms with E-state index in [1.807, 2.05) is 36.4 Å². The van der Waals surface area contributed by atoms with Crippen molar-refractivity contribution < 1.29 is 9.90 Å². The zero-order chi connectivity index (χ0) is 11.4. The molecule has 0 aliphatic carbocycles. The largest absolute Gasteiger partial charge is 0.545 e. The third kappa shape index (κ3) is 2.64. The SMILES string of the molecule is O=C([O-])c1cccc(Sc2ccccc2)c1. The van der Waals surface area contributed by atoms with Gasteiger partial charge in [-0.05, 0) is 29.8 Å². The van der Waals surface area contributed by atoms with E-state index in [1.165, 1.54) is 17.8 Å². The molecule has 0 atom stereocenters. The Hall–Kier alpha value is -1.74. The van der Waals surface area contributed by atoms with Gasteiger partial charge in [0.2, 0.25) is 0 Å². The number of carbonyl (C=O) groups is 1. The summed E-state index contributed by atoms with van der Waals surface area (Å²) in [6.45, 7) is 0. The molecule has 0 heterocycles. The molecule has 0 saturated carbocycles. The van der Waals surface area contributed by atoms with Gasteiger partial charge >= 0.3 is 0 Å². The Morgan fingerprint density at radius 2 is 1.62 bits per heavy atom.